The van der Waals surface area contributed by atoms with Gasteiger partial charge in [-0.2, -0.15) is 0 Å². The molecule has 0 spiro atoms. The number of rotatable bonds is 7. The molecule has 0 bridgehead atoms. The Labute approximate surface area is 200 Å². The number of anilines is 3. The molecule has 3 aromatic rings. The number of hydrogen-bond acceptors (Lipinski definition) is 4. The Morgan fingerprint density at radius 2 is 1.38 bits per heavy atom. The van der Waals surface area contributed by atoms with Crippen molar-refractivity contribution in [2.45, 2.75) is 20.8 Å². The molecule has 34 heavy (non-hydrogen) atoms. The van der Waals surface area contributed by atoms with Gasteiger partial charge >= 0.3 is 0 Å². The van der Waals surface area contributed by atoms with Crippen LogP contribution in [0, 0.1) is 5.41 Å². The highest BCUT2D eigenvalue weighted by atomic mass is 32.2. The van der Waals surface area contributed by atoms with Gasteiger partial charge in [0.05, 0.1) is 5.41 Å². The molecule has 3 rings (SSSR count). The fraction of sp³-hybridized carbons (Fsp3) is 0.154. The topological polar surface area (TPSA) is 104 Å². The van der Waals surface area contributed by atoms with Crippen LogP contribution in [0.3, 0.4) is 0 Å². The summed E-state index contributed by atoms with van der Waals surface area (Å²) in [4.78, 5) is 24.8. The van der Waals surface area contributed by atoms with Crippen LogP contribution in [-0.2, 0) is 14.8 Å². The first kappa shape index (κ1) is 24.7. The van der Waals surface area contributed by atoms with Crippen LogP contribution >= 0.6 is 0 Å². The second kappa shape index (κ2) is 10.4. The van der Waals surface area contributed by atoms with Gasteiger partial charge in [0.25, 0.3) is 15.9 Å². The lowest BCUT2D eigenvalue weighted by atomic mass is 9.95. The summed E-state index contributed by atoms with van der Waals surface area (Å²) < 4.78 is 27.0. The number of benzene rings is 3. The first-order chi connectivity index (χ1) is 16.0. The molecule has 0 atom stereocenters. The van der Waals surface area contributed by atoms with Crippen molar-refractivity contribution in [1.82, 2.24) is 0 Å². The molecule has 0 aliphatic rings. The smallest absolute Gasteiger partial charge is 0.255 e. The zero-order valence-electron chi connectivity index (χ0n) is 19.2. The maximum absolute atomic E-state index is 12.6. The summed E-state index contributed by atoms with van der Waals surface area (Å²) in [6.45, 7) is 5.45. The van der Waals surface area contributed by atoms with Crippen LogP contribution in [0.15, 0.2) is 84.3 Å². The molecule has 176 valence electrons. The number of carbonyl (C=O) groups excluding carboxylic acids is 2. The van der Waals surface area contributed by atoms with Crippen LogP contribution in [0.1, 0.15) is 36.7 Å². The highest BCUT2D eigenvalue weighted by molar-refractivity contribution is 7.95. The van der Waals surface area contributed by atoms with Gasteiger partial charge < -0.3 is 10.6 Å². The van der Waals surface area contributed by atoms with Crippen LogP contribution in [0.2, 0.25) is 0 Å². The summed E-state index contributed by atoms with van der Waals surface area (Å²) in [5.41, 5.74) is 2.01. The normalized spacial score (nSPS) is 11.7. The largest absolute Gasteiger partial charge is 0.326 e. The van der Waals surface area contributed by atoms with Gasteiger partial charge in [-0.05, 0) is 54.1 Å². The van der Waals surface area contributed by atoms with Gasteiger partial charge in [0.1, 0.15) is 0 Å². The highest BCUT2D eigenvalue weighted by Crippen LogP contribution is 2.21. The molecular weight excluding hydrogens is 450 g/mol. The van der Waals surface area contributed by atoms with Gasteiger partial charge in [-0.3, -0.25) is 14.3 Å². The van der Waals surface area contributed by atoms with Crippen LogP contribution in [0.25, 0.3) is 6.08 Å². The molecule has 0 heterocycles. The highest BCUT2D eigenvalue weighted by Gasteiger charge is 2.21. The summed E-state index contributed by atoms with van der Waals surface area (Å²) in [5, 5.41) is 6.69. The first-order valence-electron chi connectivity index (χ1n) is 10.6. The molecule has 0 radical (unpaired) electrons. The van der Waals surface area contributed by atoms with Gasteiger partial charge in [-0.1, -0.05) is 57.2 Å². The van der Waals surface area contributed by atoms with Gasteiger partial charge in [0.2, 0.25) is 5.91 Å². The minimum Gasteiger partial charge on any atom is -0.326 e. The van der Waals surface area contributed by atoms with Crippen LogP contribution in [-0.4, -0.2) is 20.2 Å². The van der Waals surface area contributed by atoms with E-state index in [4.69, 9.17) is 0 Å². The molecule has 8 heteroatoms. The fourth-order valence-electron chi connectivity index (χ4n) is 2.82. The van der Waals surface area contributed by atoms with E-state index in [1.807, 2.05) is 39.0 Å². The standard InChI is InChI=1S/C26H27N3O4S/c1-26(2,3)25(31)28-23-11-7-10-22(18-23)27-24(30)20-12-14-21(15-13-20)29-34(32,33)17-16-19-8-5-4-6-9-19/h4-18,29H,1-3H3,(H,27,30)(H,28,31). The Morgan fingerprint density at radius 3 is 2.00 bits per heavy atom. The minimum atomic E-state index is -3.71. The second-order valence-corrected chi connectivity index (χ2v) is 10.2. The zero-order chi connectivity index (χ0) is 24.8. The summed E-state index contributed by atoms with van der Waals surface area (Å²) in [6.07, 6.45) is 1.50. The quantitative estimate of drug-likeness (QED) is 0.427. The number of carbonyl (C=O) groups is 2. The summed E-state index contributed by atoms with van der Waals surface area (Å²) in [5.74, 6) is -0.495. The second-order valence-electron chi connectivity index (χ2n) is 8.68. The van der Waals surface area contributed by atoms with Crippen LogP contribution in [0.5, 0.6) is 0 Å². The van der Waals surface area contributed by atoms with Gasteiger partial charge in [0, 0.05) is 28.0 Å². The molecule has 3 aromatic carbocycles. The molecule has 0 saturated carbocycles. The van der Waals surface area contributed by atoms with Crippen LogP contribution in [0.4, 0.5) is 17.1 Å². The third kappa shape index (κ3) is 7.31. The lowest BCUT2D eigenvalue weighted by Crippen LogP contribution is -2.27. The molecule has 2 amide bonds. The van der Waals surface area contributed by atoms with E-state index < -0.39 is 15.4 Å². The Morgan fingerprint density at radius 1 is 0.765 bits per heavy atom. The van der Waals surface area contributed by atoms with Gasteiger partial charge in [-0.15, -0.1) is 0 Å². The number of sulfonamides is 1. The molecule has 3 N–H and O–H groups in total. The fourth-order valence-corrected chi connectivity index (χ4v) is 3.69. The average molecular weight is 478 g/mol. The first-order valence-corrected chi connectivity index (χ1v) is 12.2. The molecular formula is C26H27N3O4S. The molecule has 0 aliphatic heterocycles. The van der Waals surface area contributed by atoms with E-state index in [-0.39, 0.29) is 11.8 Å². The lowest BCUT2D eigenvalue weighted by Gasteiger charge is -2.18. The van der Waals surface area contributed by atoms with E-state index >= 15 is 0 Å². The van der Waals surface area contributed by atoms with Gasteiger partial charge in [-0.25, -0.2) is 8.42 Å². The molecule has 0 saturated heterocycles. The molecule has 7 nitrogen and oxygen atoms in total. The Balaban J connectivity index is 1.62. The predicted octanol–water partition coefficient (Wildman–Crippen LogP) is 5.34. The zero-order valence-corrected chi connectivity index (χ0v) is 20.0. The van der Waals surface area contributed by atoms with E-state index in [0.29, 0.717) is 22.6 Å². The molecule has 0 aromatic heterocycles. The summed E-state index contributed by atoms with van der Waals surface area (Å²) >= 11 is 0. The van der Waals surface area contributed by atoms with E-state index in [1.54, 1.807) is 36.4 Å². The number of hydrogen-bond donors (Lipinski definition) is 3. The minimum absolute atomic E-state index is 0.132. The average Bonchev–Trinajstić information content (AvgIpc) is 2.78. The van der Waals surface area contributed by atoms with Crippen molar-refractivity contribution >= 4 is 45.0 Å². The van der Waals surface area contributed by atoms with Crippen molar-refractivity contribution in [3.63, 3.8) is 0 Å². The van der Waals surface area contributed by atoms with Gasteiger partial charge in [0.15, 0.2) is 0 Å². The maximum atomic E-state index is 12.6. The lowest BCUT2D eigenvalue weighted by molar-refractivity contribution is -0.123. The van der Waals surface area contributed by atoms with E-state index in [1.165, 1.54) is 30.3 Å². The van der Waals surface area contributed by atoms with E-state index in [0.717, 1.165) is 11.0 Å². The van der Waals surface area contributed by atoms with Crippen molar-refractivity contribution in [2.75, 3.05) is 15.4 Å². The monoisotopic (exact) mass is 477 g/mol. The van der Waals surface area contributed by atoms with Crippen molar-refractivity contribution < 1.29 is 18.0 Å². The maximum Gasteiger partial charge on any atom is 0.255 e. The predicted molar refractivity (Wildman–Crippen MR) is 137 cm³/mol. The van der Waals surface area contributed by atoms with Crippen molar-refractivity contribution in [3.05, 3.63) is 95.4 Å². The number of nitrogens with one attached hydrogen (secondary N) is 3. The SMILES string of the molecule is CC(C)(C)C(=O)Nc1cccc(NC(=O)c2ccc(NS(=O)(=O)C=Cc3ccccc3)cc2)c1. The van der Waals surface area contributed by atoms with Crippen molar-refractivity contribution in [2.24, 2.45) is 5.41 Å². The van der Waals surface area contributed by atoms with Crippen LogP contribution < -0.4 is 15.4 Å². The third-order valence-electron chi connectivity index (χ3n) is 4.71. The number of amides is 2. The molecule has 0 unspecified atom stereocenters. The summed E-state index contributed by atoms with van der Waals surface area (Å²) in [7, 11) is -3.71. The Bertz CT molecular complexity index is 1290. The van der Waals surface area contributed by atoms with E-state index in [9.17, 15) is 18.0 Å². The van der Waals surface area contributed by atoms with E-state index in [2.05, 4.69) is 15.4 Å². The summed E-state index contributed by atoms with van der Waals surface area (Å²) in [6, 6.07) is 22.0. The third-order valence-corrected chi connectivity index (χ3v) is 5.72. The Hall–Kier alpha value is -3.91. The Kier molecular flexibility index (Phi) is 7.53. The van der Waals surface area contributed by atoms with Crippen molar-refractivity contribution in [1.29, 1.82) is 0 Å². The molecule has 0 aliphatic carbocycles. The van der Waals surface area contributed by atoms with Crippen molar-refractivity contribution in [3.8, 4) is 0 Å². The molecule has 0 fully saturated rings.